The normalized spacial score (nSPS) is 23.3. The van der Waals surface area contributed by atoms with Crippen LogP contribution in [0.4, 0.5) is 5.69 Å². The number of hydrogen-bond donors (Lipinski definition) is 2. The van der Waals surface area contributed by atoms with Gasteiger partial charge in [-0.15, -0.1) is 0 Å². The molecule has 1 aliphatic heterocycles. The number of carbonyl (C=O) groups excluding carboxylic acids is 1. The predicted molar refractivity (Wildman–Crippen MR) is 75.2 cm³/mol. The van der Waals surface area contributed by atoms with E-state index in [4.69, 9.17) is 10.5 Å². The largest absolute Gasteiger partial charge is 0.497 e. The molecule has 5 nitrogen and oxygen atoms in total. The average molecular weight is 263 g/mol. The molecule has 0 bridgehead atoms. The smallest absolute Gasteiger partial charge is 0.238 e. The van der Waals surface area contributed by atoms with Gasteiger partial charge in [0.25, 0.3) is 0 Å². The number of rotatable bonds is 4. The van der Waals surface area contributed by atoms with Crippen molar-refractivity contribution in [1.29, 1.82) is 0 Å². The fraction of sp³-hybridized carbons (Fsp3) is 0.500. The van der Waals surface area contributed by atoms with E-state index in [1.54, 1.807) is 13.2 Å². The lowest BCUT2D eigenvalue weighted by Crippen LogP contribution is -2.33. The van der Waals surface area contributed by atoms with E-state index in [-0.39, 0.29) is 11.9 Å². The molecule has 104 valence electrons. The minimum atomic E-state index is -0.0189. The van der Waals surface area contributed by atoms with Gasteiger partial charge in [0.15, 0.2) is 0 Å². The van der Waals surface area contributed by atoms with Crippen LogP contribution in [0.25, 0.3) is 0 Å². The highest BCUT2D eigenvalue weighted by Crippen LogP contribution is 2.17. The predicted octanol–water partition coefficient (Wildman–Crippen LogP) is 0.913. The molecule has 3 N–H and O–H groups in total. The van der Waals surface area contributed by atoms with Gasteiger partial charge in [-0.3, -0.25) is 9.69 Å². The van der Waals surface area contributed by atoms with Gasteiger partial charge in [0.05, 0.1) is 13.7 Å². The average Bonchev–Trinajstić information content (AvgIpc) is 2.68. The van der Waals surface area contributed by atoms with Crippen molar-refractivity contribution in [3.63, 3.8) is 0 Å². The van der Waals surface area contributed by atoms with E-state index in [9.17, 15) is 4.79 Å². The van der Waals surface area contributed by atoms with Gasteiger partial charge in [0.1, 0.15) is 5.75 Å². The molecular weight excluding hydrogens is 242 g/mol. The molecule has 0 saturated carbocycles. The Morgan fingerprint density at radius 1 is 1.53 bits per heavy atom. The van der Waals surface area contributed by atoms with Crippen LogP contribution in [-0.4, -0.2) is 43.6 Å². The molecule has 2 atom stereocenters. The third-order valence-electron chi connectivity index (χ3n) is 3.47. The number of methoxy groups -OCH3 is 1. The summed E-state index contributed by atoms with van der Waals surface area (Å²) in [6.07, 6.45) is 0. The van der Waals surface area contributed by atoms with E-state index in [2.05, 4.69) is 17.1 Å². The highest BCUT2D eigenvalue weighted by atomic mass is 16.5. The lowest BCUT2D eigenvalue weighted by atomic mass is 10.1. The van der Waals surface area contributed by atoms with E-state index in [0.29, 0.717) is 12.5 Å². The Morgan fingerprint density at radius 2 is 2.32 bits per heavy atom. The molecule has 1 heterocycles. The Bertz CT molecular complexity index is 440. The molecule has 1 aromatic carbocycles. The number of likely N-dealkylation sites (tertiary alicyclic amines) is 1. The van der Waals surface area contributed by atoms with Crippen molar-refractivity contribution in [2.45, 2.75) is 13.0 Å². The number of anilines is 1. The Morgan fingerprint density at radius 3 is 2.95 bits per heavy atom. The molecule has 19 heavy (non-hydrogen) atoms. The first kappa shape index (κ1) is 13.8. The van der Waals surface area contributed by atoms with Crippen LogP contribution in [0.1, 0.15) is 6.92 Å². The number of ether oxygens (including phenoxy) is 1. The maximum absolute atomic E-state index is 11.9. The van der Waals surface area contributed by atoms with Crippen LogP contribution in [0.2, 0.25) is 0 Å². The second kappa shape index (κ2) is 6.04. The molecule has 1 fully saturated rings. The third-order valence-corrected chi connectivity index (χ3v) is 3.47. The number of hydrogen-bond acceptors (Lipinski definition) is 4. The molecule has 0 spiro atoms. The lowest BCUT2D eigenvalue weighted by Gasteiger charge is -2.15. The topological polar surface area (TPSA) is 67.6 Å². The molecule has 0 aromatic heterocycles. The second-order valence-corrected chi connectivity index (χ2v) is 5.12. The van der Waals surface area contributed by atoms with Crippen molar-refractivity contribution in [2.75, 3.05) is 32.1 Å². The first-order valence-corrected chi connectivity index (χ1v) is 6.50. The summed E-state index contributed by atoms with van der Waals surface area (Å²) in [5.74, 6) is 1.16. The molecule has 1 aromatic rings. The molecule has 1 amide bonds. The van der Waals surface area contributed by atoms with Crippen LogP contribution in [-0.2, 0) is 4.79 Å². The van der Waals surface area contributed by atoms with Crippen LogP contribution in [0.5, 0.6) is 5.75 Å². The highest BCUT2D eigenvalue weighted by molar-refractivity contribution is 5.92. The van der Waals surface area contributed by atoms with Gasteiger partial charge in [-0.25, -0.2) is 0 Å². The number of nitrogens with one attached hydrogen (secondary N) is 1. The quantitative estimate of drug-likeness (QED) is 0.847. The number of amides is 1. The van der Waals surface area contributed by atoms with Crippen molar-refractivity contribution in [3.8, 4) is 5.75 Å². The van der Waals surface area contributed by atoms with E-state index >= 15 is 0 Å². The molecule has 1 aliphatic rings. The third kappa shape index (κ3) is 3.68. The van der Waals surface area contributed by atoms with Gasteiger partial charge in [0, 0.05) is 30.9 Å². The van der Waals surface area contributed by atoms with E-state index in [1.807, 2.05) is 18.2 Å². The Hall–Kier alpha value is -1.59. The van der Waals surface area contributed by atoms with Gasteiger partial charge in [-0.2, -0.15) is 0 Å². The number of carbonyl (C=O) groups is 1. The Kier molecular flexibility index (Phi) is 4.39. The van der Waals surface area contributed by atoms with Crippen LogP contribution in [0.3, 0.4) is 0 Å². The Labute approximate surface area is 113 Å². The van der Waals surface area contributed by atoms with Gasteiger partial charge >= 0.3 is 0 Å². The van der Waals surface area contributed by atoms with Crippen molar-refractivity contribution < 1.29 is 9.53 Å². The molecule has 0 radical (unpaired) electrons. The summed E-state index contributed by atoms with van der Waals surface area (Å²) in [6, 6.07) is 7.51. The number of nitrogens with zero attached hydrogens (tertiary/aromatic N) is 1. The summed E-state index contributed by atoms with van der Waals surface area (Å²) in [5.41, 5.74) is 6.70. The maximum Gasteiger partial charge on any atom is 0.238 e. The van der Waals surface area contributed by atoms with Crippen LogP contribution >= 0.6 is 0 Å². The molecule has 1 saturated heterocycles. The summed E-state index contributed by atoms with van der Waals surface area (Å²) in [6.45, 7) is 4.17. The molecule has 5 heteroatoms. The number of nitrogens with two attached hydrogens (primary N) is 1. The van der Waals surface area contributed by atoms with Crippen LogP contribution in [0.15, 0.2) is 24.3 Å². The molecule has 2 rings (SSSR count). The van der Waals surface area contributed by atoms with Crippen molar-refractivity contribution in [1.82, 2.24) is 4.90 Å². The van der Waals surface area contributed by atoms with Gasteiger partial charge in [-0.1, -0.05) is 13.0 Å². The van der Waals surface area contributed by atoms with E-state index in [0.717, 1.165) is 24.5 Å². The fourth-order valence-electron chi connectivity index (χ4n) is 2.33. The first-order valence-electron chi connectivity index (χ1n) is 6.50. The van der Waals surface area contributed by atoms with E-state index < -0.39 is 0 Å². The summed E-state index contributed by atoms with van der Waals surface area (Å²) < 4.78 is 5.12. The van der Waals surface area contributed by atoms with Crippen molar-refractivity contribution >= 4 is 11.6 Å². The molecular formula is C14H21N3O2. The number of benzene rings is 1. The zero-order chi connectivity index (χ0) is 13.8. The van der Waals surface area contributed by atoms with Gasteiger partial charge in [-0.05, 0) is 18.1 Å². The van der Waals surface area contributed by atoms with E-state index in [1.165, 1.54) is 0 Å². The SMILES string of the molecule is COc1cccc(NC(=O)CN2CC(C)C(N)C2)c1. The summed E-state index contributed by atoms with van der Waals surface area (Å²) in [7, 11) is 1.61. The Balaban J connectivity index is 1.87. The maximum atomic E-state index is 11.9. The standard InChI is InChI=1S/C14H21N3O2/c1-10-7-17(8-13(10)15)9-14(18)16-11-4-3-5-12(6-11)19-2/h3-6,10,13H,7-9,15H2,1-2H3,(H,16,18). The second-order valence-electron chi connectivity index (χ2n) is 5.12. The minimum Gasteiger partial charge on any atom is -0.497 e. The van der Waals surface area contributed by atoms with Gasteiger partial charge < -0.3 is 15.8 Å². The van der Waals surface area contributed by atoms with Crippen LogP contribution < -0.4 is 15.8 Å². The fourth-order valence-corrected chi connectivity index (χ4v) is 2.33. The summed E-state index contributed by atoms with van der Waals surface area (Å²) in [5, 5.41) is 2.87. The summed E-state index contributed by atoms with van der Waals surface area (Å²) in [4.78, 5) is 14.0. The minimum absolute atomic E-state index is 0.0189. The molecule has 2 unspecified atom stereocenters. The molecule has 0 aliphatic carbocycles. The van der Waals surface area contributed by atoms with Crippen molar-refractivity contribution in [2.24, 2.45) is 11.7 Å². The summed E-state index contributed by atoms with van der Waals surface area (Å²) >= 11 is 0. The lowest BCUT2D eigenvalue weighted by molar-refractivity contribution is -0.117. The van der Waals surface area contributed by atoms with Crippen LogP contribution in [0, 0.1) is 5.92 Å². The monoisotopic (exact) mass is 263 g/mol. The van der Waals surface area contributed by atoms with Crippen molar-refractivity contribution in [3.05, 3.63) is 24.3 Å². The highest BCUT2D eigenvalue weighted by Gasteiger charge is 2.27. The van der Waals surface area contributed by atoms with Gasteiger partial charge in [0.2, 0.25) is 5.91 Å². The zero-order valence-corrected chi connectivity index (χ0v) is 11.4. The zero-order valence-electron chi connectivity index (χ0n) is 11.4. The first-order chi connectivity index (χ1) is 9.08.